The number of aliphatic hydroxyl groups excluding tert-OH is 2. The van der Waals surface area contributed by atoms with E-state index in [0.717, 1.165) is 12.8 Å². The van der Waals surface area contributed by atoms with Gasteiger partial charge in [-0.05, 0) is 30.6 Å². The van der Waals surface area contributed by atoms with Crippen LogP contribution in [-0.4, -0.2) is 35.6 Å². The van der Waals surface area contributed by atoms with Gasteiger partial charge in [0.25, 0.3) is 0 Å². The number of ether oxygens (including phenoxy) is 1. The molecule has 3 nitrogen and oxygen atoms in total. The molecular weight excluding hydrogens is 204 g/mol. The van der Waals surface area contributed by atoms with E-state index in [4.69, 9.17) is 9.84 Å². The summed E-state index contributed by atoms with van der Waals surface area (Å²) in [4.78, 5) is 0. The minimum atomic E-state index is -0.727. The smallest absolute Gasteiger partial charge is 0.100 e. The van der Waals surface area contributed by atoms with Gasteiger partial charge < -0.3 is 14.9 Å². The van der Waals surface area contributed by atoms with E-state index in [2.05, 4.69) is 20.8 Å². The van der Waals surface area contributed by atoms with Gasteiger partial charge in [-0.1, -0.05) is 27.2 Å². The summed E-state index contributed by atoms with van der Waals surface area (Å²) in [7, 11) is 0. The van der Waals surface area contributed by atoms with Crippen LogP contribution in [0.4, 0.5) is 0 Å². The number of rotatable bonds is 4. The largest absolute Gasteiger partial charge is 0.394 e. The van der Waals surface area contributed by atoms with Crippen molar-refractivity contribution in [3.8, 4) is 0 Å². The molecule has 0 aromatic carbocycles. The lowest BCUT2D eigenvalue weighted by Gasteiger charge is -2.37. The lowest BCUT2D eigenvalue weighted by atomic mass is 9.71. The molecule has 0 aromatic heterocycles. The molecule has 1 fully saturated rings. The number of hydrogen-bond donors (Lipinski definition) is 2. The van der Waals surface area contributed by atoms with Crippen molar-refractivity contribution in [2.75, 3.05) is 13.2 Å². The van der Waals surface area contributed by atoms with Gasteiger partial charge >= 0.3 is 0 Å². The first kappa shape index (κ1) is 13.9. The zero-order valence-corrected chi connectivity index (χ0v) is 10.8. The fraction of sp³-hybridized carbons (Fsp3) is 1.00. The van der Waals surface area contributed by atoms with Crippen LogP contribution in [-0.2, 0) is 4.74 Å². The molecule has 0 bridgehead atoms. The Hall–Kier alpha value is -0.120. The van der Waals surface area contributed by atoms with Crippen molar-refractivity contribution in [2.24, 2.45) is 11.3 Å². The van der Waals surface area contributed by atoms with Crippen molar-refractivity contribution in [1.82, 2.24) is 0 Å². The first-order valence-electron chi connectivity index (χ1n) is 6.34. The molecule has 0 saturated heterocycles. The predicted molar refractivity (Wildman–Crippen MR) is 64.2 cm³/mol. The highest BCUT2D eigenvalue weighted by Crippen LogP contribution is 2.38. The Kier molecular flexibility index (Phi) is 5.22. The Labute approximate surface area is 98.8 Å². The highest BCUT2D eigenvalue weighted by molar-refractivity contribution is 4.81. The molecule has 3 unspecified atom stereocenters. The van der Waals surface area contributed by atoms with Gasteiger partial charge in [-0.3, -0.25) is 0 Å². The molecule has 1 aliphatic carbocycles. The minimum absolute atomic E-state index is 0.213. The molecule has 1 rings (SSSR count). The maximum atomic E-state index is 9.24. The maximum Gasteiger partial charge on any atom is 0.100 e. The van der Waals surface area contributed by atoms with Crippen LogP contribution in [0.25, 0.3) is 0 Å². The molecule has 3 heteroatoms. The lowest BCUT2D eigenvalue weighted by molar-refractivity contribution is -0.0554. The van der Waals surface area contributed by atoms with Gasteiger partial charge in [0.1, 0.15) is 6.10 Å². The second-order valence-corrected chi connectivity index (χ2v) is 6.02. The van der Waals surface area contributed by atoms with Gasteiger partial charge in [-0.15, -0.1) is 0 Å². The Balaban J connectivity index is 2.33. The van der Waals surface area contributed by atoms with Crippen LogP contribution in [0.1, 0.15) is 46.5 Å². The van der Waals surface area contributed by atoms with E-state index >= 15 is 0 Å². The van der Waals surface area contributed by atoms with E-state index in [-0.39, 0.29) is 19.3 Å². The molecule has 1 aliphatic rings. The monoisotopic (exact) mass is 230 g/mol. The van der Waals surface area contributed by atoms with Gasteiger partial charge in [0.05, 0.1) is 19.3 Å². The summed E-state index contributed by atoms with van der Waals surface area (Å²) in [5.74, 6) is 0.706. The quantitative estimate of drug-likeness (QED) is 0.776. The Bertz CT molecular complexity index is 198. The molecule has 0 radical (unpaired) electrons. The molecular formula is C13H26O3. The zero-order chi connectivity index (χ0) is 12.2. The zero-order valence-electron chi connectivity index (χ0n) is 10.8. The molecule has 3 atom stereocenters. The third kappa shape index (κ3) is 4.40. The highest BCUT2D eigenvalue weighted by atomic mass is 16.5. The van der Waals surface area contributed by atoms with Crippen LogP contribution in [0, 0.1) is 11.3 Å². The summed E-state index contributed by atoms with van der Waals surface area (Å²) in [5, 5.41) is 18.0. The fourth-order valence-electron chi connectivity index (χ4n) is 2.38. The van der Waals surface area contributed by atoms with Gasteiger partial charge in [-0.25, -0.2) is 0 Å². The van der Waals surface area contributed by atoms with Crippen molar-refractivity contribution in [2.45, 2.75) is 58.7 Å². The van der Waals surface area contributed by atoms with Gasteiger partial charge in [0.15, 0.2) is 0 Å². The van der Waals surface area contributed by atoms with E-state index in [1.165, 1.54) is 12.8 Å². The summed E-state index contributed by atoms with van der Waals surface area (Å²) < 4.78 is 5.65. The molecule has 1 saturated carbocycles. The van der Waals surface area contributed by atoms with Crippen LogP contribution in [0.3, 0.4) is 0 Å². The van der Waals surface area contributed by atoms with E-state index in [9.17, 15) is 5.11 Å². The maximum absolute atomic E-state index is 9.24. The molecule has 16 heavy (non-hydrogen) atoms. The van der Waals surface area contributed by atoms with E-state index in [1.54, 1.807) is 0 Å². The standard InChI is InChI=1S/C13H26O3/c1-13(2,3)10-5-4-6-12(7-10)16-9-11(15)8-14/h10-12,14-15H,4-9H2,1-3H3. The van der Waals surface area contributed by atoms with Crippen LogP contribution >= 0.6 is 0 Å². The SMILES string of the molecule is CC(C)(C)C1CCCC(OCC(O)CO)C1. The van der Waals surface area contributed by atoms with Crippen LogP contribution < -0.4 is 0 Å². The third-order valence-electron chi connectivity index (χ3n) is 3.59. The van der Waals surface area contributed by atoms with Crippen LogP contribution in [0.5, 0.6) is 0 Å². The van der Waals surface area contributed by atoms with E-state index < -0.39 is 6.10 Å². The second kappa shape index (κ2) is 5.99. The molecule has 0 spiro atoms. The predicted octanol–water partition coefficient (Wildman–Crippen LogP) is 1.96. The van der Waals surface area contributed by atoms with Crippen LogP contribution in [0.15, 0.2) is 0 Å². The molecule has 0 aliphatic heterocycles. The average molecular weight is 230 g/mol. The molecule has 0 aromatic rings. The third-order valence-corrected chi connectivity index (χ3v) is 3.59. The second-order valence-electron chi connectivity index (χ2n) is 6.02. The normalized spacial score (nSPS) is 29.1. The summed E-state index contributed by atoms with van der Waals surface area (Å²) in [6.07, 6.45) is 4.20. The van der Waals surface area contributed by atoms with Gasteiger partial charge in [-0.2, -0.15) is 0 Å². The topological polar surface area (TPSA) is 49.7 Å². The first-order valence-corrected chi connectivity index (χ1v) is 6.34. The summed E-state index contributed by atoms with van der Waals surface area (Å²) in [6.45, 7) is 6.89. The first-order chi connectivity index (χ1) is 7.43. The highest BCUT2D eigenvalue weighted by Gasteiger charge is 2.31. The summed E-state index contributed by atoms with van der Waals surface area (Å²) in [6, 6.07) is 0. The van der Waals surface area contributed by atoms with Crippen molar-refractivity contribution < 1.29 is 14.9 Å². The number of aliphatic hydroxyl groups is 2. The van der Waals surface area contributed by atoms with Crippen molar-refractivity contribution in [1.29, 1.82) is 0 Å². The Morgan fingerprint density at radius 2 is 2.00 bits per heavy atom. The van der Waals surface area contributed by atoms with E-state index in [1.807, 2.05) is 0 Å². The summed E-state index contributed by atoms with van der Waals surface area (Å²) >= 11 is 0. The van der Waals surface area contributed by atoms with E-state index in [0.29, 0.717) is 11.3 Å². The molecule has 2 N–H and O–H groups in total. The minimum Gasteiger partial charge on any atom is -0.394 e. The Morgan fingerprint density at radius 1 is 1.31 bits per heavy atom. The molecule has 0 amide bonds. The van der Waals surface area contributed by atoms with Crippen molar-refractivity contribution >= 4 is 0 Å². The van der Waals surface area contributed by atoms with Gasteiger partial charge in [0.2, 0.25) is 0 Å². The number of hydrogen-bond acceptors (Lipinski definition) is 3. The Morgan fingerprint density at radius 3 is 2.56 bits per heavy atom. The van der Waals surface area contributed by atoms with Crippen molar-refractivity contribution in [3.05, 3.63) is 0 Å². The van der Waals surface area contributed by atoms with Crippen molar-refractivity contribution in [3.63, 3.8) is 0 Å². The van der Waals surface area contributed by atoms with Crippen LogP contribution in [0.2, 0.25) is 0 Å². The molecule has 0 heterocycles. The van der Waals surface area contributed by atoms with Gasteiger partial charge in [0, 0.05) is 0 Å². The lowest BCUT2D eigenvalue weighted by Crippen LogP contribution is -2.32. The molecule has 96 valence electrons. The fourth-order valence-corrected chi connectivity index (χ4v) is 2.38. The summed E-state index contributed by atoms with van der Waals surface area (Å²) in [5.41, 5.74) is 0.345. The average Bonchev–Trinajstić information content (AvgIpc) is 2.25.